The van der Waals surface area contributed by atoms with E-state index in [4.69, 9.17) is 5.10 Å². The fourth-order valence-corrected chi connectivity index (χ4v) is 5.29. The summed E-state index contributed by atoms with van der Waals surface area (Å²) in [6, 6.07) is 16.8. The Morgan fingerprint density at radius 1 is 1.07 bits per heavy atom. The van der Waals surface area contributed by atoms with Crippen molar-refractivity contribution < 1.29 is 0 Å². The van der Waals surface area contributed by atoms with Crippen LogP contribution in [-0.2, 0) is 6.54 Å². The summed E-state index contributed by atoms with van der Waals surface area (Å²) in [6.45, 7) is 5.02. The first-order chi connectivity index (χ1) is 14.8. The fraction of sp³-hybridized carbons (Fsp3) is 0.273. The Kier molecular flexibility index (Phi) is 4.14. The molecule has 5 heterocycles. The zero-order valence-corrected chi connectivity index (χ0v) is 17.5. The molecular weight excluding hydrogens is 394 g/mol. The van der Waals surface area contributed by atoms with Crippen LogP contribution in [0.15, 0.2) is 54.7 Å². The number of pyridine rings is 1. The van der Waals surface area contributed by atoms with Crippen molar-refractivity contribution in [1.29, 1.82) is 0 Å². The van der Waals surface area contributed by atoms with Gasteiger partial charge in [-0.25, -0.2) is 4.98 Å². The number of benzene rings is 1. The van der Waals surface area contributed by atoms with E-state index in [9.17, 15) is 0 Å². The smallest absolute Gasteiger partial charge is 0.235 e. The molecule has 5 aromatic rings. The Labute approximate surface area is 177 Å². The number of likely N-dealkylation sites (tertiary alicyclic amines) is 1. The van der Waals surface area contributed by atoms with Crippen LogP contribution in [0, 0.1) is 6.92 Å². The predicted octanol–water partition coefficient (Wildman–Crippen LogP) is 3.80. The number of hydrogen-bond donors (Lipinski definition) is 0. The summed E-state index contributed by atoms with van der Waals surface area (Å²) in [5.74, 6) is 1.35. The molecule has 6 rings (SSSR count). The first-order valence-corrected chi connectivity index (χ1v) is 11.0. The minimum atomic E-state index is 0.605. The van der Waals surface area contributed by atoms with Gasteiger partial charge < -0.3 is 0 Å². The van der Waals surface area contributed by atoms with Gasteiger partial charge in [0.15, 0.2) is 0 Å². The first-order valence-electron chi connectivity index (χ1n) is 10.2. The van der Waals surface area contributed by atoms with E-state index in [0.29, 0.717) is 5.92 Å². The Morgan fingerprint density at radius 3 is 2.83 bits per heavy atom. The van der Waals surface area contributed by atoms with Gasteiger partial charge in [-0.3, -0.25) is 9.30 Å². The molecule has 0 N–H and O–H groups in total. The van der Waals surface area contributed by atoms with E-state index in [1.165, 1.54) is 12.0 Å². The normalized spacial score (nSPS) is 17.4. The first kappa shape index (κ1) is 17.7. The highest BCUT2D eigenvalue weighted by molar-refractivity contribution is 7.16. The molecular formula is C22H21N7S. The van der Waals surface area contributed by atoms with Crippen LogP contribution in [0.25, 0.3) is 22.1 Å². The van der Waals surface area contributed by atoms with Gasteiger partial charge in [-0.1, -0.05) is 47.7 Å². The van der Waals surface area contributed by atoms with Crippen molar-refractivity contribution >= 4 is 21.9 Å². The maximum Gasteiger partial charge on any atom is 0.235 e. The molecule has 1 aromatic carbocycles. The van der Waals surface area contributed by atoms with Crippen LogP contribution in [0.2, 0.25) is 0 Å². The number of fused-ring (bicyclic) bond motifs is 2. The quantitative estimate of drug-likeness (QED) is 0.447. The molecule has 0 bridgehead atoms. The highest BCUT2D eigenvalue weighted by Crippen LogP contribution is 2.30. The summed E-state index contributed by atoms with van der Waals surface area (Å²) < 4.78 is 3.92. The second-order valence-corrected chi connectivity index (χ2v) is 8.86. The van der Waals surface area contributed by atoms with Crippen molar-refractivity contribution in [2.24, 2.45) is 0 Å². The Hall–Kier alpha value is -3.10. The van der Waals surface area contributed by atoms with E-state index in [0.717, 1.165) is 52.5 Å². The molecule has 0 spiro atoms. The summed E-state index contributed by atoms with van der Waals surface area (Å²) in [6.07, 6.45) is 3.20. The van der Waals surface area contributed by atoms with Crippen LogP contribution in [0.5, 0.6) is 0 Å². The molecule has 1 aliphatic rings. The Balaban J connectivity index is 1.28. The maximum atomic E-state index is 4.87. The van der Waals surface area contributed by atoms with E-state index in [1.54, 1.807) is 11.3 Å². The lowest BCUT2D eigenvalue weighted by atomic mass is 9.99. The minimum absolute atomic E-state index is 0.605. The zero-order valence-electron chi connectivity index (χ0n) is 16.6. The van der Waals surface area contributed by atoms with Crippen molar-refractivity contribution in [2.45, 2.75) is 25.8 Å². The lowest BCUT2D eigenvalue weighted by Crippen LogP contribution is -2.19. The van der Waals surface area contributed by atoms with Crippen molar-refractivity contribution in [1.82, 2.24) is 34.1 Å². The third-order valence-corrected chi connectivity index (χ3v) is 6.73. The van der Waals surface area contributed by atoms with Crippen LogP contribution in [0.4, 0.5) is 0 Å². The number of rotatable bonds is 4. The zero-order chi connectivity index (χ0) is 20.1. The van der Waals surface area contributed by atoms with Crippen molar-refractivity contribution in [3.05, 3.63) is 71.0 Å². The largest absolute Gasteiger partial charge is 0.297 e. The van der Waals surface area contributed by atoms with Crippen LogP contribution in [0.3, 0.4) is 0 Å². The Bertz CT molecular complexity index is 1330. The van der Waals surface area contributed by atoms with Gasteiger partial charge in [-0.15, -0.1) is 10.2 Å². The van der Waals surface area contributed by atoms with Crippen LogP contribution in [0.1, 0.15) is 28.6 Å². The molecule has 150 valence electrons. The molecule has 1 unspecified atom stereocenters. The number of nitrogens with zero attached hydrogens (tertiary/aromatic N) is 7. The van der Waals surface area contributed by atoms with E-state index in [-0.39, 0.29) is 0 Å². The van der Waals surface area contributed by atoms with Gasteiger partial charge in [0.2, 0.25) is 10.8 Å². The van der Waals surface area contributed by atoms with Gasteiger partial charge in [-0.2, -0.15) is 9.61 Å². The molecule has 1 fully saturated rings. The van der Waals surface area contributed by atoms with Gasteiger partial charge in [0.25, 0.3) is 0 Å². The molecule has 1 atom stereocenters. The van der Waals surface area contributed by atoms with Crippen molar-refractivity contribution in [2.75, 3.05) is 13.1 Å². The SMILES string of the molecule is Cc1nc2ccccn2c1-c1nnc2sc(CN3CCC(c4ccccc4)C3)nn12. The second kappa shape index (κ2) is 7.00. The number of hydrogen-bond acceptors (Lipinski definition) is 6. The van der Waals surface area contributed by atoms with Crippen LogP contribution >= 0.6 is 11.3 Å². The van der Waals surface area contributed by atoms with E-state index < -0.39 is 0 Å². The van der Waals surface area contributed by atoms with E-state index in [1.807, 2.05) is 35.8 Å². The van der Waals surface area contributed by atoms with Crippen molar-refractivity contribution in [3.8, 4) is 11.5 Å². The number of aromatic nitrogens is 6. The molecule has 0 amide bonds. The maximum absolute atomic E-state index is 4.87. The fourth-order valence-electron chi connectivity index (χ4n) is 4.42. The highest BCUT2D eigenvalue weighted by Gasteiger charge is 2.25. The number of aryl methyl sites for hydroxylation is 1. The second-order valence-electron chi connectivity index (χ2n) is 7.82. The summed E-state index contributed by atoms with van der Waals surface area (Å²) in [4.78, 5) is 7.96. The highest BCUT2D eigenvalue weighted by atomic mass is 32.1. The molecule has 8 heteroatoms. The summed E-state index contributed by atoms with van der Waals surface area (Å²) >= 11 is 1.62. The average Bonchev–Trinajstić information content (AvgIpc) is 3.52. The summed E-state index contributed by atoms with van der Waals surface area (Å²) in [5.41, 5.74) is 4.21. The van der Waals surface area contributed by atoms with Gasteiger partial charge in [-0.05, 0) is 43.5 Å². The van der Waals surface area contributed by atoms with Gasteiger partial charge in [0.1, 0.15) is 16.3 Å². The molecule has 0 saturated carbocycles. The third-order valence-electron chi connectivity index (χ3n) is 5.85. The molecule has 30 heavy (non-hydrogen) atoms. The molecule has 1 aliphatic heterocycles. The minimum Gasteiger partial charge on any atom is -0.297 e. The molecule has 0 radical (unpaired) electrons. The summed E-state index contributed by atoms with van der Waals surface area (Å²) in [5, 5.41) is 14.7. The molecule has 1 saturated heterocycles. The molecule has 4 aromatic heterocycles. The monoisotopic (exact) mass is 415 g/mol. The van der Waals surface area contributed by atoms with Gasteiger partial charge in [0, 0.05) is 12.7 Å². The van der Waals surface area contributed by atoms with Gasteiger partial charge in [0.05, 0.1) is 12.2 Å². The third kappa shape index (κ3) is 2.91. The van der Waals surface area contributed by atoms with Crippen molar-refractivity contribution in [3.63, 3.8) is 0 Å². The summed E-state index contributed by atoms with van der Waals surface area (Å²) in [7, 11) is 0. The lowest BCUT2D eigenvalue weighted by Gasteiger charge is -2.14. The topological polar surface area (TPSA) is 63.6 Å². The van der Waals surface area contributed by atoms with Gasteiger partial charge >= 0.3 is 0 Å². The van der Waals surface area contributed by atoms with Crippen LogP contribution < -0.4 is 0 Å². The predicted molar refractivity (Wildman–Crippen MR) is 117 cm³/mol. The standard InChI is InChI=1S/C22H21N7S/c1-15-20(28-11-6-5-9-18(28)23-15)21-24-25-22-29(21)26-19(30-22)14-27-12-10-17(13-27)16-7-3-2-4-8-16/h2-9,11,17H,10,12-14H2,1H3. The lowest BCUT2D eigenvalue weighted by molar-refractivity contribution is 0.325. The van der Waals surface area contributed by atoms with E-state index >= 15 is 0 Å². The Morgan fingerprint density at radius 2 is 1.93 bits per heavy atom. The molecule has 7 nitrogen and oxygen atoms in total. The average molecular weight is 416 g/mol. The van der Waals surface area contributed by atoms with Crippen LogP contribution in [-0.4, -0.2) is 47.2 Å². The van der Waals surface area contributed by atoms with E-state index in [2.05, 4.69) is 54.8 Å². The number of imidazole rings is 1. The molecule has 0 aliphatic carbocycles.